The molecule has 72 valence electrons. The number of hydrogen-bond donors (Lipinski definition) is 0. The summed E-state index contributed by atoms with van der Waals surface area (Å²) < 4.78 is 47.3. The molecular formula is C7H5ClF2O2S. The van der Waals surface area contributed by atoms with Gasteiger partial charge in [-0.1, -0.05) is 0 Å². The zero-order valence-corrected chi connectivity index (χ0v) is 8.09. The average Bonchev–Trinajstić information content (AvgIpc) is 1.95. The van der Waals surface area contributed by atoms with Gasteiger partial charge in [-0.3, -0.25) is 0 Å². The standard InChI is InChI=1S/C7H5ClF2O2S/c1-4-5(9)2-3-6(10)7(4)13(8,11)12/h2-3H,1H3. The summed E-state index contributed by atoms with van der Waals surface area (Å²) in [5, 5.41) is 0. The van der Waals surface area contributed by atoms with E-state index in [0.29, 0.717) is 0 Å². The molecule has 1 aromatic rings. The highest BCUT2D eigenvalue weighted by atomic mass is 35.7. The Bertz CT molecular complexity index is 442. The Hall–Kier alpha value is -0.680. The van der Waals surface area contributed by atoms with Crippen molar-refractivity contribution in [2.75, 3.05) is 0 Å². The second kappa shape index (κ2) is 3.23. The first-order chi connectivity index (χ1) is 5.84. The minimum absolute atomic E-state index is 0.310. The Labute approximate surface area is 78.6 Å². The maximum Gasteiger partial charge on any atom is 0.264 e. The van der Waals surface area contributed by atoms with Crippen LogP contribution in [0.5, 0.6) is 0 Å². The molecule has 13 heavy (non-hydrogen) atoms. The Morgan fingerprint density at radius 3 is 2.08 bits per heavy atom. The molecule has 0 saturated heterocycles. The van der Waals surface area contributed by atoms with Crippen molar-refractivity contribution >= 4 is 19.7 Å². The van der Waals surface area contributed by atoms with Gasteiger partial charge < -0.3 is 0 Å². The van der Waals surface area contributed by atoms with Gasteiger partial charge in [0.2, 0.25) is 0 Å². The monoisotopic (exact) mass is 226 g/mol. The summed E-state index contributed by atoms with van der Waals surface area (Å²) in [6, 6.07) is 1.56. The van der Waals surface area contributed by atoms with Crippen molar-refractivity contribution in [3.63, 3.8) is 0 Å². The van der Waals surface area contributed by atoms with Crippen LogP contribution in [0.25, 0.3) is 0 Å². The maximum absolute atomic E-state index is 12.9. The molecule has 1 aromatic carbocycles. The smallest absolute Gasteiger partial charge is 0.207 e. The summed E-state index contributed by atoms with van der Waals surface area (Å²) in [4.78, 5) is -0.797. The first-order valence-electron chi connectivity index (χ1n) is 3.23. The molecular weight excluding hydrogens is 222 g/mol. The van der Waals surface area contributed by atoms with E-state index in [1.807, 2.05) is 0 Å². The van der Waals surface area contributed by atoms with E-state index in [1.165, 1.54) is 0 Å². The zero-order chi connectivity index (χ0) is 10.2. The Balaban J connectivity index is 3.62. The molecule has 1 rings (SSSR count). The van der Waals surface area contributed by atoms with Gasteiger partial charge in [-0.15, -0.1) is 0 Å². The van der Waals surface area contributed by atoms with Gasteiger partial charge in [0.15, 0.2) is 0 Å². The van der Waals surface area contributed by atoms with Gasteiger partial charge in [0, 0.05) is 16.2 Å². The third-order valence-corrected chi connectivity index (χ3v) is 2.99. The Morgan fingerprint density at radius 1 is 1.23 bits per heavy atom. The highest BCUT2D eigenvalue weighted by Gasteiger charge is 2.21. The van der Waals surface area contributed by atoms with E-state index in [0.717, 1.165) is 19.1 Å². The van der Waals surface area contributed by atoms with Gasteiger partial charge >= 0.3 is 0 Å². The lowest BCUT2D eigenvalue weighted by molar-refractivity contribution is 0.552. The van der Waals surface area contributed by atoms with Crippen LogP contribution in [-0.4, -0.2) is 8.42 Å². The molecule has 0 aromatic heterocycles. The first kappa shape index (κ1) is 10.4. The fourth-order valence-electron chi connectivity index (χ4n) is 0.934. The van der Waals surface area contributed by atoms with Crippen LogP contribution in [-0.2, 0) is 9.05 Å². The molecule has 0 saturated carbocycles. The lowest BCUT2D eigenvalue weighted by Crippen LogP contribution is -2.01. The quantitative estimate of drug-likeness (QED) is 0.688. The summed E-state index contributed by atoms with van der Waals surface area (Å²) in [6.45, 7) is 1.15. The van der Waals surface area contributed by atoms with Gasteiger partial charge in [-0.05, 0) is 19.1 Å². The normalized spacial score (nSPS) is 11.7. The second-order valence-corrected chi connectivity index (χ2v) is 4.92. The van der Waals surface area contributed by atoms with Crippen LogP contribution < -0.4 is 0 Å². The van der Waals surface area contributed by atoms with Crippen LogP contribution in [0.15, 0.2) is 17.0 Å². The molecule has 0 spiro atoms. The molecule has 0 amide bonds. The van der Waals surface area contributed by atoms with Gasteiger partial charge in [-0.2, -0.15) is 0 Å². The van der Waals surface area contributed by atoms with E-state index in [-0.39, 0.29) is 5.56 Å². The van der Waals surface area contributed by atoms with E-state index in [9.17, 15) is 17.2 Å². The van der Waals surface area contributed by atoms with E-state index >= 15 is 0 Å². The largest absolute Gasteiger partial charge is 0.264 e. The van der Waals surface area contributed by atoms with Crippen molar-refractivity contribution < 1.29 is 17.2 Å². The number of benzene rings is 1. The third kappa shape index (κ3) is 1.97. The maximum atomic E-state index is 12.9. The highest BCUT2D eigenvalue weighted by molar-refractivity contribution is 8.13. The van der Waals surface area contributed by atoms with Crippen LogP contribution in [0.2, 0.25) is 0 Å². The van der Waals surface area contributed by atoms with Crippen LogP contribution >= 0.6 is 10.7 Å². The molecule has 0 radical (unpaired) electrons. The molecule has 0 N–H and O–H groups in total. The van der Waals surface area contributed by atoms with Crippen molar-refractivity contribution in [3.05, 3.63) is 29.3 Å². The molecule has 0 heterocycles. The van der Waals surface area contributed by atoms with Crippen molar-refractivity contribution in [2.45, 2.75) is 11.8 Å². The van der Waals surface area contributed by atoms with Gasteiger partial charge in [-0.25, -0.2) is 17.2 Å². The highest BCUT2D eigenvalue weighted by Crippen LogP contribution is 2.24. The SMILES string of the molecule is Cc1c(F)ccc(F)c1S(=O)(=O)Cl. The van der Waals surface area contributed by atoms with Gasteiger partial charge in [0.1, 0.15) is 16.5 Å². The predicted octanol–water partition coefficient (Wildman–Crippen LogP) is 2.20. The van der Waals surface area contributed by atoms with Crippen LogP contribution in [0, 0.1) is 18.6 Å². The molecule has 0 aliphatic carbocycles. The average molecular weight is 227 g/mol. The molecule has 0 fully saturated rings. The fraction of sp³-hybridized carbons (Fsp3) is 0.143. The lowest BCUT2D eigenvalue weighted by Gasteiger charge is -2.03. The molecule has 0 aliphatic heterocycles. The summed E-state index contributed by atoms with van der Waals surface area (Å²) in [6.07, 6.45) is 0. The van der Waals surface area contributed by atoms with Crippen LogP contribution in [0.1, 0.15) is 5.56 Å². The topological polar surface area (TPSA) is 34.1 Å². The molecule has 0 bridgehead atoms. The zero-order valence-electron chi connectivity index (χ0n) is 6.51. The molecule has 0 atom stereocenters. The second-order valence-electron chi connectivity index (χ2n) is 2.42. The first-order valence-corrected chi connectivity index (χ1v) is 5.54. The van der Waals surface area contributed by atoms with E-state index in [1.54, 1.807) is 0 Å². The predicted molar refractivity (Wildman–Crippen MR) is 44.1 cm³/mol. The van der Waals surface area contributed by atoms with Gasteiger partial charge in [0.25, 0.3) is 9.05 Å². The van der Waals surface area contributed by atoms with E-state index in [4.69, 9.17) is 10.7 Å². The molecule has 0 aliphatic rings. The van der Waals surface area contributed by atoms with E-state index in [2.05, 4.69) is 0 Å². The minimum atomic E-state index is -4.23. The fourth-order valence-corrected chi connectivity index (χ4v) is 2.27. The summed E-state index contributed by atoms with van der Waals surface area (Å²) in [5.74, 6) is -1.85. The van der Waals surface area contributed by atoms with Crippen molar-refractivity contribution in [1.29, 1.82) is 0 Å². The number of halogens is 3. The van der Waals surface area contributed by atoms with Crippen LogP contribution in [0.4, 0.5) is 8.78 Å². The summed E-state index contributed by atoms with van der Waals surface area (Å²) >= 11 is 0. The Morgan fingerprint density at radius 2 is 1.69 bits per heavy atom. The molecule has 2 nitrogen and oxygen atoms in total. The lowest BCUT2D eigenvalue weighted by atomic mass is 10.2. The summed E-state index contributed by atoms with van der Waals surface area (Å²) in [7, 11) is 0.677. The number of hydrogen-bond acceptors (Lipinski definition) is 2. The van der Waals surface area contributed by atoms with E-state index < -0.39 is 25.6 Å². The number of rotatable bonds is 1. The van der Waals surface area contributed by atoms with Crippen molar-refractivity contribution in [3.8, 4) is 0 Å². The van der Waals surface area contributed by atoms with Crippen LogP contribution in [0.3, 0.4) is 0 Å². The Kier molecular flexibility index (Phi) is 2.58. The molecule has 6 heteroatoms. The van der Waals surface area contributed by atoms with Crippen molar-refractivity contribution in [1.82, 2.24) is 0 Å². The third-order valence-electron chi connectivity index (χ3n) is 1.54. The van der Waals surface area contributed by atoms with Crippen molar-refractivity contribution in [2.24, 2.45) is 0 Å². The summed E-state index contributed by atoms with van der Waals surface area (Å²) in [5.41, 5.74) is -0.310. The van der Waals surface area contributed by atoms with Gasteiger partial charge in [0.05, 0.1) is 0 Å². The molecule has 0 unspecified atom stereocenters. The minimum Gasteiger partial charge on any atom is -0.207 e.